The van der Waals surface area contributed by atoms with Crippen molar-refractivity contribution in [2.45, 2.75) is 52.6 Å². The number of benzene rings is 1. The number of carbonyl (C=O) groups is 1. The van der Waals surface area contributed by atoms with Gasteiger partial charge in [-0.05, 0) is 30.6 Å². The zero-order chi connectivity index (χ0) is 20.3. The molecule has 1 heterocycles. The van der Waals surface area contributed by atoms with Crippen LogP contribution < -0.4 is 0 Å². The van der Waals surface area contributed by atoms with Crippen LogP contribution in [0.1, 0.15) is 45.9 Å². The van der Waals surface area contributed by atoms with Crippen LogP contribution in [-0.4, -0.2) is 32.2 Å². The molecule has 1 saturated carbocycles. The zero-order valence-corrected chi connectivity index (χ0v) is 16.4. The van der Waals surface area contributed by atoms with E-state index in [9.17, 15) is 14.9 Å². The van der Waals surface area contributed by atoms with Crippen LogP contribution in [0.15, 0.2) is 24.3 Å². The summed E-state index contributed by atoms with van der Waals surface area (Å²) in [7, 11) is 0. The highest BCUT2D eigenvalue weighted by Crippen LogP contribution is 2.36. The largest absolute Gasteiger partial charge is 0.461 e. The van der Waals surface area contributed by atoms with Gasteiger partial charge in [0.15, 0.2) is 5.82 Å². The molecule has 0 spiro atoms. The first-order valence-corrected chi connectivity index (χ1v) is 9.73. The maximum atomic E-state index is 12.4. The van der Waals surface area contributed by atoms with Crippen LogP contribution >= 0.6 is 0 Å². The maximum absolute atomic E-state index is 12.4. The Labute approximate surface area is 163 Å². The molecule has 1 aromatic heterocycles. The van der Waals surface area contributed by atoms with Crippen LogP contribution in [-0.2, 0) is 16.0 Å². The summed E-state index contributed by atoms with van der Waals surface area (Å²) in [5.74, 6) is 1.75. The summed E-state index contributed by atoms with van der Waals surface area (Å²) >= 11 is 0. The first-order chi connectivity index (χ1) is 13.4. The number of hydrogen-bond acceptors (Lipinski definition) is 6. The van der Waals surface area contributed by atoms with Gasteiger partial charge in [0.25, 0.3) is 5.69 Å². The molecule has 2 atom stereocenters. The molecule has 0 radical (unpaired) electrons. The second kappa shape index (κ2) is 8.50. The number of nitrogens with zero attached hydrogens (tertiary/aromatic N) is 3. The molecule has 3 rings (SSSR count). The minimum absolute atomic E-state index is 0.00489. The predicted octanol–water partition coefficient (Wildman–Crippen LogP) is 3.93. The fourth-order valence-electron chi connectivity index (χ4n) is 4.13. The molecule has 0 amide bonds. The molecule has 1 aliphatic carbocycles. The van der Waals surface area contributed by atoms with Crippen molar-refractivity contribution < 1.29 is 14.5 Å². The van der Waals surface area contributed by atoms with Crippen LogP contribution in [0, 0.1) is 27.9 Å². The molecule has 8 nitrogen and oxygen atoms in total. The molecular formula is C20H26N4O4. The van der Waals surface area contributed by atoms with Gasteiger partial charge in [-0.25, -0.2) is 4.98 Å². The van der Waals surface area contributed by atoms with Crippen LogP contribution in [0.5, 0.6) is 0 Å². The van der Waals surface area contributed by atoms with E-state index in [0.717, 1.165) is 19.3 Å². The van der Waals surface area contributed by atoms with Crippen LogP contribution in [0.4, 0.5) is 5.69 Å². The molecule has 150 valence electrons. The minimum atomic E-state index is -0.468. The van der Waals surface area contributed by atoms with Crippen molar-refractivity contribution in [3.63, 3.8) is 0 Å². The van der Waals surface area contributed by atoms with Gasteiger partial charge in [-0.1, -0.05) is 39.3 Å². The van der Waals surface area contributed by atoms with Crippen molar-refractivity contribution in [2.75, 3.05) is 0 Å². The molecule has 1 fully saturated rings. The summed E-state index contributed by atoms with van der Waals surface area (Å²) in [6, 6.07) is 6.08. The molecule has 28 heavy (non-hydrogen) atoms. The lowest BCUT2D eigenvalue weighted by atomic mass is 9.73. The monoisotopic (exact) mass is 386 g/mol. The Morgan fingerprint density at radius 1 is 1.32 bits per heavy atom. The predicted molar refractivity (Wildman–Crippen MR) is 103 cm³/mol. The first-order valence-electron chi connectivity index (χ1n) is 9.73. The Hall–Kier alpha value is -2.77. The second-order valence-corrected chi connectivity index (χ2v) is 7.74. The first kappa shape index (κ1) is 20.0. The normalized spacial score (nSPS) is 24.7. The SMILES string of the molecule is CCC1CC(C)C(OC(=O)Cc2nc(-c3cccc([N+](=O)[O-])c3)n[nH]2)C(C)C1. The third-order valence-corrected chi connectivity index (χ3v) is 5.54. The molecule has 0 saturated heterocycles. The van der Waals surface area contributed by atoms with E-state index >= 15 is 0 Å². The third kappa shape index (κ3) is 4.55. The Bertz CT molecular complexity index is 838. The summed E-state index contributed by atoms with van der Waals surface area (Å²) in [6.07, 6.45) is 3.24. The topological polar surface area (TPSA) is 111 Å². The Kier molecular flexibility index (Phi) is 6.06. The lowest BCUT2D eigenvalue weighted by Crippen LogP contribution is -2.38. The fourth-order valence-corrected chi connectivity index (χ4v) is 4.13. The molecule has 0 aliphatic heterocycles. The second-order valence-electron chi connectivity index (χ2n) is 7.74. The van der Waals surface area contributed by atoms with Crippen molar-refractivity contribution >= 4 is 11.7 Å². The molecule has 1 N–H and O–H groups in total. The summed E-state index contributed by atoms with van der Waals surface area (Å²) in [5.41, 5.74) is 0.485. The number of hydrogen-bond donors (Lipinski definition) is 1. The lowest BCUT2D eigenvalue weighted by molar-refractivity contribution is -0.384. The van der Waals surface area contributed by atoms with E-state index in [2.05, 4.69) is 36.0 Å². The van der Waals surface area contributed by atoms with Gasteiger partial charge in [0.1, 0.15) is 18.3 Å². The number of H-pyrrole nitrogens is 1. The van der Waals surface area contributed by atoms with Gasteiger partial charge in [0, 0.05) is 17.7 Å². The number of nitro benzene ring substituents is 1. The van der Waals surface area contributed by atoms with Crippen molar-refractivity contribution in [2.24, 2.45) is 17.8 Å². The molecule has 1 aromatic carbocycles. The quantitative estimate of drug-likeness (QED) is 0.457. The van der Waals surface area contributed by atoms with E-state index in [1.165, 1.54) is 12.1 Å². The van der Waals surface area contributed by atoms with E-state index in [-0.39, 0.29) is 24.2 Å². The molecule has 1 aliphatic rings. The van der Waals surface area contributed by atoms with Crippen molar-refractivity contribution in [3.8, 4) is 11.4 Å². The molecular weight excluding hydrogens is 360 g/mol. The standard InChI is InChI=1S/C20H26N4O4/c1-4-14-8-12(2)19(13(3)9-14)28-18(25)11-17-21-20(23-22-17)15-6-5-7-16(10-15)24(26)27/h5-7,10,12-14,19H,4,8-9,11H2,1-3H3,(H,21,22,23). The summed E-state index contributed by atoms with van der Waals surface area (Å²) < 4.78 is 5.76. The van der Waals surface area contributed by atoms with Crippen LogP contribution in [0.2, 0.25) is 0 Å². The van der Waals surface area contributed by atoms with E-state index in [0.29, 0.717) is 35.0 Å². The maximum Gasteiger partial charge on any atom is 0.313 e. The van der Waals surface area contributed by atoms with Gasteiger partial charge in [0.05, 0.1) is 4.92 Å². The summed E-state index contributed by atoms with van der Waals surface area (Å²) in [5, 5.41) is 17.7. The van der Waals surface area contributed by atoms with E-state index < -0.39 is 4.92 Å². The molecule has 0 bridgehead atoms. The summed E-state index contributed by atoms with van der Waals surface area (Å²) in [4.78, 5) is 27.1. The number of non-ortho nitro benzene ring substituents is 1. The van der Waals surface area contributed by atoms with Gasteiger partial charge in [0.2, 0.25) is 0 Å². The van der Waals surface area contributed by atoms with Gasteiger partial charge in [-0.15, -0.1) is 0 Å². The number of aromatic nitrogens is 3. The Morgan fingerprint density at radius 2 is 2.04 bits per heavy atom. The van der Waals surface area contributed by atoms with Gasteiger partial charge in [-0.2, -0.15) is 5.10 Å². The van der Waals surface area contributed by atoms with Crippen LogP contribution in [0.3, 0.4) is 0 Å². The Balaban J connectivity index is 1.63. The van der Waals surface area contributed by atoms with Crippen molar-refractivity contribution in [1.29, 1.82) is 0 Å². The number of carbonyl (C=O) groups excluding carboxylic acids is 1. The highest BCUT2D eigenvalue weighted by Gasteiger charge is 2.35. The number of aromatic amines is 1. The summed E-state index contributed by atoms with van der Waals surface area (Å²) in [6.45, 7) is 6.50. The van der Waals surface area contributed by atoms with E-state index in [4.69, 9.17) is 4.74 Å². The average Bonchev–Trinajstić information content (AvgIpc) is 3.13. The molecule has 2 aromatic rings. The smallest absolute Gasteiger partial charge is 0.313 e. The molecule has 2 unspecified atom stereocenters. The number of rotatable bonds is 6. The number of nitro groups is 1. The minimum Gasteiger partial charge on any atom is -0.461 e. The van der Waals surface area contributed by atoms with Crippen molar-refractivity contribution in [3.05, 3.63) is 40.2 Å². The molecule has 8 heteroatoms. The third-order valence-electron chi connectivity index (χ3n) is 5.54. The highest BCUT2D eigenvalue weighted by atomic mass is 16.6. The average molecular weight is 386 g/mol. The fraction of sp³-hybridized carbons (Fsp3) is 0.550. The van der Waals surface area contributed by atoms with Crippen LogP contribution in [0.25, 0.3) is 11.4 Å². The zero-order valence-electron chi connectivity index (χ0n) is 16.4. The lowest BCUT2D eigenvalue weighted by Gasteiger charge is -2.38. The number of ether oxygens (including phenoxy) is 1. The van der Waals surface area contributed by atoms with Gasteiger partial charge < -0.3 is 4.74 Å². The van der Waals surface area contributed by atoms with Crippen molar-refractivity contribution in [1.82, 2.24) is 15.2 Å². The van der Waals surface area contributed by atoms with E-state index in [1.54, 1.807) is 12.1 Å². The van der Waals surface area contributed by atoms with E-state index in [1.807, 2.05) is 0 Å². The highest BCUT2D eigenvalue weighted by molar-refractivity contribution is 5.72. The van der Waals surface area contributed by atoms with Gasteiger partial charge in [-0.3, -0.25) is 20.0 Å². The number of nitrogens with one attached hydrogen (secondary N) is 1. The number of esters is 1. The Morgan fingerprint density at radius 3 is 2.68 bits per heavy atom. The van der Waals surface area contributed by atoms with Gasteiger partial charge >= 0.3 is 5.97 Å².